The number of amides is 1. The molecule has 0 radical (unpaired) electrons. The van der Waals surface area contributed by atoms with E-state index in [1.807, 2.05) is 10.8 Å². The summed E-state index contributed by atoms with van der Waals surface area (Å²) in [7, 11) is 0. The molecule has 5 heteroatoms. The number of carbonyl (C=O) groups excluding carboxylic acids is 1. The minimum absolute atomic E-state index is 0.135. The Labute approximate surface area is 116 Å². The Balaban J connectivity index is 1.81. The van der Waals surface area contributed by atoms with Crippen molar-refractivity contribution in [1.29, 1.82) is 0 Å². The van der Waals surface area contributed by atoms with E-state index < -0.39 is 0 Å². The first-order valence-corrected chi connectivity index (χ1v) is 7.84. The van der Waals surface area contributed by atoms with Crippen LogP contribution >= 0.6 is 22.9 Å². The molecule has 2 fully saturated rings. The van der Waals surface area contributed by atoms with Gasteiger partial charge in [0.1, 0.15) is 0 Å². The third-order valence-corrected chi connectivity index (χ3v) is 4.91. The highest BCUT2D eigenvalue weighted by Crippen LogP contribution is 2.34. The second-order valence-electron chi connectivity index (χ2n) is 5.06. The molecule has 1 amide bonds. The fraction of sp³-hybridized carbons (Fsp3) is 0.615. The van der Waals surface area contributed by atoms with Gasteiger partial charge in [-0.3, -0.25) is 4.79 Å². The number of thiophene rings is 1. The third-order valence-electron chi connectivity index (χ3n) is 3.72. The van der Waals surface area contributed by atoms with Gasteiger partial charge in [0, 0.05) is 22.8 Å². The predicted octanol–water partition coefficient (Wildman–Crippen LogP) is 2.76. The van der Waals surface area contributed by atoms with E-state index in [2.05, 4.69) is 10.2 Å². The third kappa shape index (κ3) is 2.42. The van der Waals surface area contributed by atoms with Gasteiger partial charge < -0.3 is 10.2 Å². The van der Waals surface area contributed by atoms with E-state index in [-0.39, 0.29) is 5.91 Å². The van der Waals surface area contributed by atoms with Gasteiger partial charge in [0.15, 0.2) is 0 Å². The number of hydrogen-bond donors (Lipinski definition) is 1. The summed E-state index contributed by atoms with van der Waals surface area (Å²) < 4.78 is 0. The zero-order chi connectivity index (χ0) is 12.5. The van der Waals surface area contributed by atoms with Crippen LogP contribution in [0.2, 0.25) is 5.02 Å². The van der Waals surface area contributed by atoms with Gasteiger partial charge in [-0.2, -0.15) is 0 Å². The summed E-state index contributed by atoms with van der Waals surface area (Å²) >= 11 is 7.59. The van der Waals surface area contributed by atoms with E-state index in [0.29, 0.717) is 22.7 Å². The van der Waals surface area contributed by atoms with Crippen LogP contribution in [0.25, 0.3) is 0 Å². The number of hydrogen-bond acceptors (Lipinski definition) is 3. The Kier molecular flexibility index (Phi) is 3.59. The molecule has 1 aliphatic heterocycles. The molecule has 1 saturated heterocycles. The van der Waals surface area contributed by atoms with Crippen LogP contribution in [-0.4, -0.2) is 36.0 Å². The van der Waals surface area contributed by atoms with Crippen LogP contribution in [0, 0.1) is 0 Å². The van der Waals surface area contributed by atoms with Crippen molar-refractivity contribution in [1.82, 2.24) is 10.2 Å². The topological polar surface area (TPSA) is 32.3 Å². The summed E-state index contributed by atoms with van der Waals surface area (Å²) in [5.74, 6) is 0.135. The molecule has 0 spiro atoms. The highest BCUT2D eigenvalue weighted by atomic mass is 35.5. The average Bonchev–Trinajstić information content (AvgIpc) is 3.12. The molecule has 2 aliphatic rings. The summed E-state index contributed by atoms with van der Waals surface area (Å²) in [6, 6.07) is 0.846. The van der Waals surface area contributed by atoms with Crippen molar-refractivity contribution in [3.05, 3.63) is 21.3 Å². The monoisotopic (exact) mass is 284 g/mol. The minimum Gasteiger partial charge on any atom is -0.333 e. The molecule has 2 heterocycles. The summed E-state index contributed by atoms with van der Waals surface area (Å²) in [5, 5.41) is 7.67. The van der Waals surface area contributed by atoms with Crippen LogP contribution in [0.3, 0.4) is 0 Å². The smallest absolute Gasteiger partial charge is 0.256 e. The predicted molar refractivity (Wildman–Crippen MR) is 74.4 cm³/mol. The molecule has 3 rings (SSSR count). The lowest BCUT2D eigenvalue weighted by molar-refractivity contribution is 0.0624. The van der Waals surface area contributed by atoms with Crippen molar-refractivity contribution in [3.8, 4) is 0 Å². The average molecular weight is 285 g/mol. The minimum atomic E-state index is 0.135. The van der Waals surface area contributed by atoms with Crippen LogP contribution in [0.5, 0.6) is 0 Å². The van der Waals surface area contributed by atoms with Crippen molar-refractivity contribution in [2.45, 2.75) is 37.8 Å². The Morgan fingerprint density at radius 2 is 1.89 bits per heavy atom. The van der Waals surface area contributed by atoms with E-state index in [1.54, 1.807) is 0 Å². The Morgan fingerprint density at radius 3 is 2.44 bits per heavy atom. The zero-order valence-corrected chi connectivity index (χ0v) is 11.8. The zero-order valence-electron chi connectivity index (χ0n) is 10.2. The van der Waals surface area contributed by atoms with E-state index in [1.165, 1.54) is 11.3 Å². The summed E-state index contributed by atoms with van der Waals surface area (Å²) in [5.41, 5.74) is 0.687. The highest BCUT2D eigenvalue weighted by Gasteiger charge is 2.38. The molecule has 0 atom stereocenters. The lowest BCUT2D eigenvalue weighted by Crippen LogP contribution is -2.47. The van der Waals surface area contributed by atoms with Crippen LogP contribution in [0.1, 0.15) is 36.0 Å². The van der Waals surface area contributed by atoms with Gasteiger partial charge in [0.2, 0.25) is 0 Å². The molecule has 1 aromatic rings. The Hall–Kier alpha value is -0.580. The fourth-order valence-electron chi connectivity index (χ4n) is 2.64. The highest BCUT2D eigenvalue weighted by molar-refractivity contribution is 7.08. The van der Waals surface area contributed by atoms with Crippen molar-refractivity contribution < 1.29 is 4.79 Å². The Morgan fingerprint density at radius 1 is 1.22 bits per heavy atom. The summed E-state index contributed by atoms with van der Waals surface area (Å²) in [6.45, 7) is 2.02. The molecule has 1 N–H and O–H groups in total. The van der Waals surface area contributed by atoms with Gasteiger partial charge in [0.25, 0.3) is 5.91 Å². The molecular formula is C13H17ClN2OS. The molecule has 3 nitrogen and oxygen atoms in total. The van der Waals surface area contributed by atoms with Crippen molar-refractivity contribution in [2.24, 2.45) is 0 Å². The van der Waals surface area contributed by atoms with E-state index in [4.69, 9.17) is 11.6 Å². The molecule has 0 unspecified atom stereocenters. The number of nitrogens with zero attached hydrogens (tertiary/aromatic N) is 1. The van der Waals surface area contributed by atoms with E-state index in [0.717, 1.165) is 38.8 Å². The van der Waals surface area contributed by atoms with Gasteiger partial charge in [-0.15, -0.1) is 11.3 Å². The SMILES string of the molecule is O=C(c1cscc1Cl)N(C1CCNCC1)C1CC1. The van der Waals surface area contributed by atoms with Gasteiger partial charge in [-0.1, -0.05) is 11.6 Å². The molecule has 18 heavy (non-hydrogen) atoms. The summed E-state index contributed by atoms with van der Waals surface area (Å²) in [4.78, 5) is 14.7. The second-order valence-corrected chi connectivity index (χ2v) is 6.21. The molecule has 1 aliphatic carbocycles. The van der Waals surface area contributed by atoms with Gasteiger partial charge in [0.05, 0.1) is 10.6 Å². The van der Waals surface area contributed by atoms with Crippen LogP contribution in [0.4, 0.5) is 0 Å². The van der Waals surface area contributed by atoms with Crippen LogP contribution in [0.15, 0.2) is 10.8 Å². The lowest BCUT2D eigenvalue weighted by atomic mass is 10.0. The number of rotatable bonds is 3. The van der Waals surface area contributed by atoms with Crippen LogP contribution in [-0.2, 0) is 0 Å². The van der Waals surface area contributed by atoms with Crippen molar-refractivity contribution in [3.63, 3.8) is 0 Å². The number of carbonyl (C=O) groups is 1. The Bertz CT molecular complexity index is 438. The van der Waals surface area contributed by atoms with E-state index in [9.17, 15) is 4.79 Å². The molecular weight excluding hydrogens is 268 g/mol. The molecule has 0 bridgehead atoms. The first kappa shape index (κ1) is 12.5. The van der Waals surface area contributed by atoms with Crippen LogP contribution < -0.4 is 5.32 Å². The summed E-state index contributed by atoms with van der Waals surface area (Å²) in [6.07, 6.45) is 4.42. The maximum absolute atomic E-state index is 12.6. The standard InChI is InChI=1S/C13H17ClN2OS/c14-12-8-18-7-11(12)13(17)16(9-1-2-9)10-3-5-15-6-4-10/h7-10,15H,1-6H2. The van der Waals surface area contributed by atoms with Crippen molar-refractivity contribution >= 4 is 28.8 Å². The van der Waals surface area contributed by atoms with Crippen molar-refractivity contribution in [2.75, 3.05) is 13.1 Å². The molecule has 1 aromatic heterocycles. The number of piperidine rings is 1. The molecule has 1 saturated carbocycles. The van der Waals surface area contributed by atoms with Gasteiger partial charge >= 0.3 is 0 Å². The molecule has 0 aromatic carbocycles. The van der Waals surface area contributed by atoms with Gasteiger partial charge in [-0.05, 0) is 38.8 Å². The maximum Gasteiger partial charge on any atom is 0.256 e. The largest absolute Gasteiger partial charge is 0.333 e. The fourth-order valence-corrected chi connectivity index (χ4v) is 3.67. The van der Waals surface area contributed by atoms with Gasteiger partial charge in [-0.25, -0.2) is 0 Å². The van der Waals surface area contributed by atoms with E-state index >= 15 is 0 Å². The quantitative estimate of drug-likeness (QED) is 0.926. The maximum atomic E-state index is 12.6. The molecule has 98 valence electrons. The normalized spacial score (nSPS) is 20.9. The second kappa shape index (κ2) is 5.19. The lowest BCUT2D eigenvalue weighted by Gasteiger charge is -2.35. The number of halogens is 1. The number of nitrogens with one attached hydrogen (secondary N) is 1. The first-order valence-electron chi connectivity index (χ1n) is 6.52. The first-order chi connectivity index (χ1) is 8.77.